The molecule has 0 aliphatic carbocycles. The molecule has 0 spiro atoms. The molecular formula is C18H18N2O5. The fourth-order valence-electron chi connectivity index (χ4n) is 2.09. The number of ether oxygens (including phenoxy) is 2. The van der Waals surface area contributed by atoms with E-state index in [9.17, 15) is 14.9 Å². The minimum Gasteiger partial charge on any atom is -0.494 e. The summed E-state index contributed by atoms with van der Waals surface area (Å²) in [5.74, 6) is 0.116. The van der Waals surface area contributed by atoms with Crippen molar-refractivity contribution in [2.75, 3.05) is 13.2 Å². The maximum atomic E-state index is 12.0. The summed E-state index contributed by atoms with van der Waals surface area (Å²) in [6.07, 6.45) is 4.48. The summed E-state index contributed by atoms with van der Waals surface area (Å²) in [5, 5.41) is 10.9. The standard InChI is InChI=1S/C18H18N2O5/c1-3-24-15-8-5-13(6-9-15)7-10-17-16(18(21)25-4-2)11-14(12-19-17)20(22)23/h5-12H,3-4H2,1-2H3/b10-7+. The van der Waals surface area contributed by atoms with Gasteiger partial charge in [0.05, 0.1) is 29.4 Å². The molecule has 0 aliphatic rings. The predicted molar refractivity (Wildman–Crippen MR) is 93.4 cm³/mol. The molecule has 1 aromatic heterocycles. The Kier molecular flexibility index (Phi) is 6.22. The van der Waals surface area contributed by atoms with Gasteiger partial charge in [-0.3, -0.25) is 10.1 Å². The van der Waals surface area contributed by atoms with Crippen LogP contribution in [0.5, 0.6) is 5.75 Å². The molecule has 0 amide bonds. The van der Waals surface area contributed by atoms with Gasteiger partial charge in [0.2, 0.25) is 0 Å². The molecule has 0 atom stereocenters. The van der Waals surface area contributed by atoms with Gasteiger partial charge >= 0.3 is 5.97 Å². The maximum absolute atomic E-state index is 12.0. The van der Waals surface area contributed by atoms with Crippen LogP contribution < -0.4 is 4.74 Å². The van der Waals surface area contributed by atoms with Gasteiger partial charge in [0.1, 0.15) is 11.9 Å². The zero-order valence-electron chi connectivity index (χ0n) is 14.0. The number of aromatic nitrogens is 1. The lowest BCUT2D eigenvalue weighted by Gasteiger charge is -2.05. The van der Waals surface area contributed by atoms with E-state index in [1.165, 1.54) is 6.07 Å². The first kappa shape index (κ1) is 18.1. The van der Waals surface area contributed by atoms with Crippen LogP contribution in [-0.4, -0.2) is 29.1 Å². The van der Waals surface area contributed by atoms with Gasteiger partial charge in [0.25, 0.3) is 5.69 Å². The van der Waals surface area contributed by atoms with E-state index in [2.05, 4.69) is 4.98 Å². The number of hydrogen-bond acceptors (Lipinski definition) is 6. The Bertz CT molecular complexity index is 785. The van der Waals surface area contributed by atoms with Gasteiger partial charge in [-0.05, 0) is 37.6 Å². The minimum absolute atomic E-state index is 0.0539. The monoisotopic (exact) mass is 342 g/mol. The van der Waals surface area contributed by atoms with Crippen LogP contribution in [0.15, 0.2) is 36.5 Å². The summed E-state index contributed by atoms with van der Waals surface area (Å²) in [4.78, 5) is 26.3. The van der Waals surface area contributed by atoms with E-state index in [0.29, 0.717) is 12.3 Å². The van der Waals surface area contributed by atoms with Crippen LogP contribution in [0, 0.1) is 10.1 Å². The molecule has 0 N–H and O–H groups in total. The van der Waals surface area contributed by atoms with Crippen molar-refractivity contribution >= 4 is 23.8 Å². The first-order valence-electron chi connectivity index (χ1n) is 7.77. The second-order valence-electron chi connectivity index (χ2n) is 4.94. The summed E-state index contributed by atoms with van der Waals surface area (Å²) in [7, 11) is 0. The number of rotatable bonds is 7. The highest BCUT2D eigenvalue weighted by molar-refractivity contribution is 5.94. The highest BCUT2D eigenvalue weighted by Crippen LogP contribution is 2.19. The smallest absolute Gasteiger partial charge is 0.340 e. The number of pyridine rings is 1. The molecule has 0 saturated heterocycles. The lowest BCUT2D eigenvalue weighted by Crippen LogP contribution is -2.08. The average molecular weight is 342 g/mol. The second kappa shape index (κ2) is 8.58. The molecule has 7 nitrogen and oxygen atoms in total. The van der Waals surface area contributed by atoms with Crippen molar-refractivity contribution in [3.63, 3.8) is 0 Å². The first-order valence-corrected chi connectivity index (χ1v) is 7.77. The zero-order valence-corrected chi connectivity index (χ0v) is 14.0. The number of carbonyl (C=O) groups is 1. The highest BCUT2D eigenvalue weighted by Gasteiger charge is 2.17. The Labute approximate surface area is 145 Å². The molecule has 0 radical (unpaired) electrons. The van der Waals surface area contributed by atoms with Gasteiger partial charge in [-0.2, -0.15) is 0 Å². The molecule has 0 bridgehead atoms. The largest absolute Gasteiger partial charge is 0.494 e. The lowest BCUT2D eigenvalue weighted by molar-refractivity contribution is -0.385. The van der Waals surface area contributed by atoms with Gasteiger partial charge in [0.15, 0.2) is 0 Å². The number of esters is 1. The summed E-state index contributed by atoms with van der Waals surface area (Å²) < 4.78 is 10.3. The van der Waals surface area contributed by atoms with E-state index in [1.807, 2.05) is 31.2 Å². The summed E-state index contributed by atoms with van der Waals surface area (Å²) in [5.41, 5.74) is 0.968. The molecule has 1 heterocycles. The Hall–Kier alpha value is -3.22. The molecule has 0 aliphatic heterocycles. The molecule has 130 valence electrons. The van der Waals surface area contributed by atoms with Crippen LogP contribution in [0.25, 0.3) is 12.2 Å². The van der Waals surface area contributed by atoms with Crippen molar-refractivity contribution in [1.82, 2.24) is 4.98 Å². The molecule has 0 saturated carbocycles. The summed E-state index contributed by atoms with van der Waals surface area (Å²) in [6.45, 7) is 4.33. The van der Waals surface area contributed by atoms with Crippen molar-refractivity contribution < 1.29 is 19.2 Å². The third kappa shape index (κ3) is 4.87. The topological polar surface area (TPSA) is 91.6 Å². The fraction of sp³-hybridized carbons (Fsp3) is 0.222. The maximum Gasteiger partial charge on any atom is 0.340 e. The average Bonchev–Trinajstić information content (AvgIpc) is 2.61. The minimum atomic E-state index is -0.648. The van der Waals surface area contributed by atoms with E-state index < -0.39 is 10.9 Å². The molecule has 0 fully saturated rings. The molecular weight excluding hydrogens is 324 g/mol. The van der Waals surface area contributed by atoms with Gasteiger partial charge in [-0.15, -0.1) is 0 Å². The van der Waals surface area contributed by atoms with Crippen molar-refractivity contribution in [3.8, 4) is 5.75 Å². The number of carbonyl (C=O) groups excluding carboxylic acids is 1. The van der Waals surface area contributed by atoms with Crippen LogP contribution in [0.4, 0.5) is 5.69 Å². The predicted octanol–water partition coefficient (Wildman–Crippen LogP) is 3.74. The second-order valence-corrected chi connectivity index (χ2v) is 4.94. The van der Waals surface area contributed by atoms with E-state index in [1.54, 1.807) is 19.1 Å². The highest BCUT2D eigenvalue weighted by atomic mass is 16.6. The SMILES string of the molecule is CCOC(=O)c1cc([N+](=O)[O-])cnc1/C=C/c1ccc(OCC)cc1. The number of nitro groups is 1. The van der Waals surface area contributed by atoms with E-state index in [0.717, 1.165) is 17.5 Å². The molecule has 2 aromatic rings. The number of nitrogens with zero attached hydrogens (tertiary/aromatic N) is 2. The van der Waals surface area contributed by atoms with Crippen LogP contribution >= 0.6 is 0 Å². The van der Waals surface area contributed by atoms with Crippen LogP contribution in [0.1, 0.15) is 35.5 Å². The van der Waals surface area contributed by atoms with Crippen molar-refractivity contribution in [2.24, 2.45) is 0 Å². The van der Waals surface area contributed by atoms with Gasteiger partial charge in [-0.1, -0.05) is 18.2 Å². The third-order valence-electron chi connectivity index (χ3n) is 3.23. The van der Waals surface area contributed by atoms with Crippen molar-refractivity contribution in [1.29, 1.82) is 0 Å². The van der Waals surface area contributed by atoms with Crippen LogP contribution in [0.3, 0.4) is 0 Å². The van der Waals surface area contributed by atoms with E-state index >= 15 is 0 Å². The number of benzene rings is 1. The third-order valence-corrected chi connectivity index (χ3v) is 3.23. The van der Waals surface area contributed by atoms with Gasteiger partial charge < -0.3 is 9.47 Å². The van der Waals surface area contributed by atoms with E-state index in [-0.39, 0.29) is 17.9 Å². The molecule has 25 heavy (non-hydrogen) atoms. The Morgan fingerprint density at radius 1 is 1.20 bits per heavy atom. The molecule has 7 heteroatoms. The van der Waals surface area contributed by atoms with Crippen LogP contribution in [0.2, 0.25) is 0 Å². The van der Waals surface area contributed by atoms with Gasteiger partial charge in [-0.25, -0.2) is 9.78 Å². The normalized spacial score (nSPS) is 10.6. The zero-order chi connectivity index (χ0) is 18.2. The Balaban J connectivity index is 2.30. The lowest BCUT2D eigenvalue weighted by atomic mass is 10.1. The first-order chi connectivity index (χ1) is 12.0. The van der Waals surface area contributed by atoms with Crippen LogP contribution in [-0.2, 0) is 4.74 Å². The molecule has 0 unspecified atom stereocenters. The quantitative estimate of drug-likeness (QED) is 0.432. The van der Waals surface area contributed by atoms with Crippen molar-refractivity contribution in [3.05, 3.63) is 63.5 Å². The number of hydrogen-bond donors (Lipinski definition) is 0. The summed E-state index contributed by atoms with van der Waals surface area (Å²) in [6, 6.07) is 8.55. The molecule has 2 rings (SSSR count). The Morgan fingerprint density at radius 2 is 1.92 bits per heavy atom. The van der Waals surface area contributed by atoms with Crippen molar-refractivity contribution in [2.45, 2.75) is 13.8 Å². The fourth-order valence-corrected chi connectivity index (χ4v) is 2.09. The summed E-state index contributed by atoms with van der Waals surface area (Å²) >= 11 is 0. The van der Waals surface area contributed by atoms with E-state index in [4.69, 9.17) is 9.47 Å². The van der Waals surface area contributed by atoms with Gasteiger partial charge in [0, 0.05) is 6.07 Å². The molecule has 1 aromatic carbocycles. The Morgan fingerprint density at radius 3 is 2.52 bits per heavy atom.